The first-order valence-electron chi connectivity index (χ1n) is 2.87. The summed E-state index contributed by atoms with van der Waals surface area (Å²) in [5, 5.41) is 8.61. The Kier molecular flexibility index (Phi) is 2.40. The monoisotopic (exact) mass is 206 g/mol. The van der Waals surface area contributed by atoms with Gasteiger partial charge in [-0.05, 0) is 6.07 Å². The lowest BCUT2D eigenvalue weighted by Gasteiger charge is -2.00. The van der Waals surface area contributed by atoms with E-state index < -0.39 is 5.97 Å². The number of rotatable bonds is 1. The third kappa shape index (κ3) is 1.60. The van der Waals surface area contributed by atoms with Crippen molar-refractivity contribution < 1.29 is 9.90 Å². The second-order valence-electron chi connectivity index (χ2n) is 2.00. The highest BCUT2D eigenvalue weighted by atomic mass is 35.5. The molecule has 0 radical (unpaired) electrons. The highest BCUT2D eigenvalue weighted by Crippen LogP contribution is 2.23. The molecule has 12 heavy (non-hydrogen) atoms. The van der Waals surface area contributed by atoms with Gasteiger partial charge in [0.1, 0.15) is 5.15 Å². The average molecular weight is 207 g/mol. The molecule has 0 aliphatic carbocycles. The molecule has 1 aromatic heterocycles. The Balaban J connectivity index is 3.33. The van der Waals surface area contributed by atoms with E-state index in [1.54, 1.807) is 0 Å². The second kappa shape index (κ2) is 3.16. The smallest absolute Gasteiger partial charge is 0.356 e. The van der Waals surface area contributed by atoms with Gasteiger partial charge in [0.2, 0.25) is 0 Å². The number of anilines is 1. The number of hydrogen-bond donors (Lipinski definition) is 2. The number of carboxylic acid groups (broad SMARTS) is 1. The second-order valence-corrected chi connectivity index (χ2v) is 2.77. The first-order chi connectivity index (χ1) is 5.52. The van der Waals surface area contributed by atoms with E-state index in [1.807, 2.05) is 0 Å². The molecule has 64 valence electrons. The number of aromatic nitrogens is 1. The van der Waals surface area contributed by atoms with Gasteiger partial charge in [0, 0.05) is 0 Å². The molecule has 0 saturated carbocycles. The van der Waals surface area contributed by atoms with Crippen LogP contribution < -0.4 is 5.73 Å². The van der Waals surface area contributed by atoms with Gasteiger partial charge >= 0.3 is 5.97 Å². The summed E-state index contributed by atoms with van der Waals surface area (Å²) in [7, 11) is 0. The minimum Gasteiger partial charge on any atom is -0.476 e. The highest BCUT2D eigenvalue weighted by Gasteiger charge is 2.12. The Hall–Kier alpha value is -1.00. The molecule has 6 heteroatoms. The fourth-order valence-corrected chi connectivity index (χ4v) is 0.951. The van der Waals surface area contributed by atoms with Crippen LogP contribution in [0.15, 0.2) is 6.07 Å². The number of pyridine rings is 1. The lowest BCUT2D eigenvalue weighted by atomic mass is 10.3. The van der Waals surface area contributed by atoms with E-state index in [4.69, 9.17) is 34.0 Å². The number of carboxylic acids is 1. The van der Waals surface area contributed by atoms with Crippen LogP contribution in [0, 0.1) is 0 Å². The Bertz CT molecular complexity index is 341. The highest BCUT2D eigenvalue weighted by molar-refractivity contribution is 6.41. The molecule has 1 rings (SSSR count). The first-order valence-corrected chi connectivity index (χ1v) is 3.62. The Morgan fingerprint density at radius 2 is 2.17 bits per heavy atom. The average Bonchev–Trinajstić information content (AvgIpc) is 1.96. The van der Waals surface area contributed by atoms with E-state index in [0.717, 1.165) is 0 Å². The largest absolute Gasteiger partial charge is 0.476 e. The number of hydrogen-bond acceptors (Lipinski definition) is 3. The summed E-state index contributed by atoms with van der Waals surface area (Å²) < 4.78 is 0. The van der Waals surface area contributed by atoms with Crippen LogP contribution in [-0.2, 0) is 0 Å². The van der Waals surface area contributed by atoms with Crippen molar-refractivity contribution in [3.05, 3.63) is 21.9 Å². The zero-order valence-electron chi connectivity index (χ0n) is 5.71. The molecular weight excluding hydrogens is 203 g/mol. The topological polar surface area (TPSA) is 76.2 Å². The van der Waals surface area contributed by atoms with Gasteiger partial charge in [-0.25, -0.2) is 9.78 Å². The predicted octanol–water partition coefficient (Wildman–Crippen LogP) is 1.67. The van der Waals surface area contributed by atoms with Crippen LogP contribution in [0.4, 0.5) is 5.69 Å². The van der Waals surface area contributed by atoms with Crippen molar-refractivity contribution in [2.75, 3.05) is 5.73 Å². The summed E-state index contributed by atoms with van der Waals surface area (Å²) in [5.74, 6) is -1.23. The molecule has 0 spiro atoms. The number of nitrogen functional groups attached to an aromatic ring is 1. The van der Waals surface area contributed by atoms with E-state index in [-0.39, 0.29) is 21.6 Å². The normalized spacial score (nSPS) is 9.83. The molecule has 1 aromatic rings. The molecule has 0 unspecified atom stereocenters. The minimum absolute atomic E-state index is 0.00287. The van der Waals surface area contributed by atoms with Crippen LogP contribution in [-0.4, -0.2) is 16.1 Å². The molecule has 4 nitrogen and oxygen atoms in total. The van der Waals surface area contributed by atoms with Crippen LogP contribution >= 0.6 is 23.2 Å². The fourth-order valence-electron chi connectivity index (χ4n) is 0.652. The van der Waals surface area contributed by atoms with Crippen molar-refractivity contribution in [3.8, 4) is 0 Å². The van der Waals surface area contributed by atoms with Gasteiger partial charge in [0.15, 0.2) is 5.69 Å². The van der Waals surface area contributed by atoms with Crippen molar-refractivity contribution in [1.82, 2.24) is 4.98 Å². The van der Waals surface area contributed by atoms with Gasteiger partial charge in [-0.15, -0.1) is 0 Å². The molecule has 0 saturated heterocycles. The number of carbonyl (C=O) groups is 1. The summed E-state index contributed by atoms with van der Waals surface area (Å²) in [6.07, 6.45) is 0. The van der Waals surface area contributed by atoms with E-state index >= 15 is 0 Å². The van der Waals surface area contributed by atoms with E-state index in [0.29, 0.717) is 0 Å². The van der Waals surface area contributed by atoms with Gasteiger partial charge in [0.05, 0.1) is 10.7 Å². The van der Waals surface area contributed by atoms with Crippen LogP contribution in [0.1, 0.15) is 10.5 Å². The summed E-state index contributed by atoms with van der Waals surface area (Å²) in [6.45, 7) is 0. The third-order valence-corrected chi connectivity index (χ3v) is 1.84. The van der Waals surface area contributed by atoms with Crippen LogP contribution in [0.25, 0.3) is 0 Å². The van der Waals surface area contributed by atoms with Crippen molar-refractivity contribution in [3.63, 3.8) is 0 Å². The maximum Gasteiger partial charge on any atom is 0.356 e. The fraction of sp³-hybridized carbons (Fsp3) is 0. The van der Waals surface area contributed by atoms with E-state index in [2.05, 4.69) is 4.98 Å². The van der Waals surface area contributed by atoms with Crippen LogP contribution in [0.2, 0.25) is 10.2 Å². The predicted molar refractivity (Wildman–Crippen MR) is 45.6 cm³/mol. The molecule has 1 heterocycles. The lowest BCUT2D eigenvalue weighted by Crippen LogP contribution is -2.05. The molecule has 0 bridgehead atoms. The molecular formula is C6H4Cl2N2O2. The quantitative estimate of drug-likeness (QED) is 0.686. The summed E-state index contributed by atoms with van der Waals surface area (Å²) >= 11 is 11.0. The molecule has 0 aliphatic heterocycles. The Morgan fingerprint density at radius 1 is 1.58 bits per heavy atom. The summed E-state index contributed by atoms with van der Waals surface area (Å²) in [5.41, 5.74) is 5.01. The molecule has 0 fully saturated rings. The lowest BCUT2D eigenvalue weighted by molar-refractivity contribution is 0.0692. The van der Waals surface area contributed by atoms with Gasteiger partial charge in [-0.2, -0.15) is 0 Å². The minimum atomic E-state index is -1.23. The zero-order valence-corrected chi connectivity index (χ0v) is 7.23. The molecule has 0 amide bonds. The standard InChI is InChI=1S/C6H4Cl2N2O2/c7-2-1-3(9)4(6(11)12)10-5(2)8/h1H,9H2,(H,11,12). The van der Waals surface area contributed by atoms with Crippen LogP contribution in [0.5, 0.6) is 0 Å². The molecule has 3 N–H and O–H groups in total. The Morgan fingerprint density at radius 3 is 2.67 bits per heavy atom. The summed E-state index contributed by atoms with van der Waals surface area (Å²) in [6, 6.07) is 1.25. The van der Waals surface area contributed by atoms with Crippen molar-refractivity contribution in [1.29, 1.82) is 0 Å². The Labute approximate surface area is 77.9 Å². The molecule has 0 aliphatic rings. The maximum atomic E-state index is 10.4. The molecule has 0 atom stereocenters. The maximum absolute atomic E-state index is 10.4. The van der Waals surface area contributed by atoms with Gasteiger partial charge in [0.25, 0.3) is 0 Å². The van der Waals surface area contributed by atoms with Gasteiger partial charge < -0.3 is 10.8 Å². The van der Waals surface area contributed by atoms with Gasteiger partial charge in [-0.1, -0.05) is 23.2 Å². The number of nitrogens with two attached hydrogens (primary N) is 1. The summed E-state index contributed by atoms with van der Waals surface area (Å²) in [4.78, 5) is 13.9. The van der Waals surface area contributed by atoms with Gasteiger partial charge in [-0.3, -0.25) is 0 Å². The van der Waals surface area contributed by atoms with Crippen LogP contribution in [0.3, 0.4) is 0 Å². The third-order valence-electron chi connectivity index (χ3n) is 1.17. The van der Waals surface area contributed by atoms with Crippen molar-refractivity contribution in [2.24, 2.45) is 0 Å². The molecule has 0 aromatic carbocycles. The number of aromatic carboxylic acids is 1. The number of nitrogens with zero attached hydrogens (tertiary/aromatic N) is 1. The first kappa shape index (κ1) is 9.09. The number of halogens is 2. The van der Waals surface area contributed by atoms with E-state index in [1.165, 1.54) is 6.07 Å². The van der Waals surface area contributed by atoms with E-state index in [9.17, 15) is 4.79 Å². The van der Waals surface area contributed by atoms with Crippen molar-refractivity contribution >= 4 is 34.9 Å². The zero-order chi connectivity index (χ0) is 9.30. The van der Waals surface area contributed by atoms with Crippen molar-refractivity contribution in [2.45, 2.75) is 0 Å². The SMILES string of the molecule is Nc1cc(Cl)c(Cl)nc1C(=O)O.